The zero-order valence-corrected chi connectivity index (χ0v) is 10.3. The van der Waals surface area contributed by atoms with E-state index < -0.39 is 0 Å². The number of methoxy groups -OCH3 is 1. The molecule has 1 aromatic heterocycles. The maximum absolute atomic E-state index is 11.6. The summed E-state index contributed by atoms with van der Waals surface area (Å²) < 4.78 is 10.1. The van der Waals surface area contributed by atoms with Gasteiger partial charge in [0.25, 0.3) is 0 Å². The van der Waals surface area contributed by atoms with Gasteiger partial charge in [0.15, 0.2) is 4.88 Å². The predicted molar refractivity (Wildman–Crippen MR) is 60.9 cm³/mol. The van der Waals surface area contributed by atoms with Crippen molar-refractivity contribution in [2.75, 3.05) is 13.7 Å². The van der Waals surface area contributed by atoms with Gasteiger partial charge in [0.2, 0.25) is 0 Å². The van der Waals surface area contributed by atoms with Gasteiger partial charge in [0.05, 0.1) is 13.7 Å². The molecule has 0 aliphatic carbocycles. The number of thiophene rings is 1. The van der Waals surface area contributed by atoms with E-state index in [1.807, 2.05) is 6.07 Å². The van der Waals surface area contributed by atoms with Gasteiger partial charge in [-0.2, -0.15) is 0 Å². The molecule has 84 valence electrons. The van der Waals surface area contributed by atoms with Crippen molar-refractivity contribution >= 4 is 17.3 Å². The number of hydrogen-bond donors (Lipinski definition) is 0. The van der Waals surface area contributed by atoms with Gasteiger partial charge in [0, 0.05) is 4.88 Å². The van der Waals surface area contributed by atoms with E-state index in [0.29, 0.717) is 23.2 Å². The lowest BCUT2D eigenvalue weighted by Crippen LogP contribution is -2.03. The third-order valence-electron chi connectivity index (χ3n) is 1.97. The number of ether oxygens (including phenoxy) is 2. The van der Waals surface area contributed by atoms with Crippen LogP contribution >= 0.6 is 11.3 Å². The Morgan fingerprint density at radius 3 is 2.67 bits per heavy atom. The fraction of sp³-hybridized carbons (Fsp3) is 0.545. The highest BCUT2D eigenvalue weighted by Gasteiger charge is 2.19. The first-order chi connectivity index (χ1) is 7.10. The Bertz CT molecular complexity index is 342. The van der Waals surface area contributed by atoms with E-state index in [9.17, 15) is 4.79 Å². The summed E-state index contributed by atoms with van der Waals surface area (Å²) in [6, 6.07) is 1.90. The molecule has 0 saturated heterocycles. The summed E-state index contributed by atoms with van der Waals surface area (Å²) in [5, 5.41) is 0. The van der Waals surface area contributed by atoms with Crippen molar-refractivity contribution in [3.63, 3.8) is 0 Å². The molecular formula is C11H16O3S. The molecule has 0 spiro atoms. The highest BCUT2D eigenvalue weighted by atomic mass is 32.1. The Morgan fingerprint density at radius 2 is 2.20 bits per heavy atom. The maximum atomic E-state index is 11.6. The van der Waals surface area contributed by atoms with Crippen molar-refractivity contribution in [2.45, 2.75) is 26.7 Å². The van der Waals surface area contributed by atoms with Gasteiger partial charge in [-0.15, -0.1) is 11.3 Å². The smallest absolute Gasteiger partial charge is 0.352 e. The molecule has 1 aromatic rings. The van der Waals surface area contributed by atoms with Crippen molar-refractivity contribution in [3.05, 3.63) is 15.8 Å². The van der Waals surface area contributed by atoms with Crippen LogP contribution in [-0.2, 0) is 4.74 Å². The summed E-state index contributed by atoms with van der Waals surface area (Å²) in [5.74, 6) is 0.709. The first-order valence-electron chi connectivity index (χ1n) is 4.95. The molecule has 0 aliphatic heterocycles. The van der Waals surface area contributed by atoms with Crippen LogP contribution in [0.2, 0.25) is 0 Å². The second kappa shape index (κ2) is 5.16. The topological polar surface area (TPSA) is 35.5 Å². The molecule has 0 saturated carbocycles. The second-order valence-corrected chi connectivity index (χ2v) is 4.51. The van der Waals surface area contributed by atoms with Gasteiger partial charge < -0.3 is 9.47 Å². The molecule has 0 N–H and O–H groups in total. The minimum Gasteiger partial charge on any atom is -0.495 e. The first kappa shape index (κ1) is 12.0. The molecule has 0 aromatic carbocycles. The largest absolute Gasteiger partial charge is 0.495 e. The maximum Gasteiger partial charge on any atom is 0.352 e. The highest BCUT2D eigenvalue weighted by molar-refractivity contribution is 7.14. The summed E-state index contributed by atoms with van der Waals surface area (Å²) in [6.45, 7) is 6.35. The number of rotatable bonds is 4. The molecule has 0 aliphatic rings. The van der Waals surface area contributed by atoms with Crippen molar-refractivity contribution in [1.82, 2.24) is 0 Å². The van der Waals surface area contributed by atoms with Crippen LogP contribution in [-0.4, -0.2) is 19.7 Å². The van der Waals surface area contributed by atoms with Crippen LogP contribution < -0.4 is 4.74 Å². The summed E-state index contributed by atoms with van der Waals surface area (Å²) >= 11 is 1.44. The molecule has 1 heterocycles. The van der Waals surface area contributed by atoms with Crippen LogP contribution in [0.25, 0.3) is 0 Å². The number of esters is 1. The van der Waals surface area contributed by atoms with Crippen LogP contribution in [0, 0.1) is 0 Å². The fourth-order valence-electron chi connectivity index (χ4n) is 1.17. The van der Waals surface area contributed by atoms with Crippen molar-refractivity contribution in [2.24, 2.45) is 0 Å². The van der Waals surface area contributed by atoms with Crippen LogP contribution in [0.5, 0.6) is 5.75 Å². The molecule has 0 amide bonds. The molecule has 0 atom stereocenters. The lowest BCUT2D eigenvalue weighted by Gasteiger charge is -2.01. The SMILES string of the molecule is CCOC(=O)c1sc(C(C)C)cc1OC. The van der Waals surface area contributed by atoms with E-state index in [1.54, 1.807) is 14.0 Å². The summed E-state index contributed by atoms with van der Waals surface area (Å²) in [7, 11) is 1.56. The van der Waals surface area contributed by atoms with Gasteiger partial charge in [0.1, 0.15) is 5.75 Å². The summed E-state index contributed by atoms with van der Waals surface area (Å²) in [5.41, 5.74) is 0. The monoisotopic (exact) mass is 228 g/mol. The fourth-order valence-corrected chi connectivity index (χ4v) is 2.19. The Balaban J connectivity index is 3.00. The molecule has 0 unspecified atom stereocenters. The Hall–Kier alpha value is -1.03. The van der Waals surface area contributed by atoms with Crippen LogP contribution in [0.15, 0.2) is 6.07 Å². The van der Waals surface area contributed by atoms with E-state index in [4.69, 9.17) is 9.47 Å². The predicted octanol–water partition coefficient (Wildman–Crippen LogP) is 3.06. The van der Waals surface area contributed by atoms with E-state index in [0.717, 1.165) is 4.88 Å². The minimum absolute atomic E-state index is 0.300. The average Bonchev–Trinajstić information content (AvgIpc) is 2.61. The highest BCUT2D eigenvalue weighted by Crippen LogP contribution is 2.34. The molecule has 15 heavy (non-hydrogen) atoms. The van der Waals surface area contributed by atoms with Crippen molar-refractivity contribution in [1.29, 1.82) is 0 Å². The van der Waals surface area contributed by atoms with Crippen LogP contribution in [0.4, 0.5) is 0 Å². The molecule has 3 nitrogen and oxygen atoms in total. The normalized spacial score (nSPS) is 10.5. The summed E-state index contributed by atoms with van der Waals surface area (Å²) in [4.78, 5) is 13.3. The van der Waals surface area contributed by atoms with Crippen LogP contribution in [0.1, 0.15) is 41.2 Å². The van der Waals surface area contributed by atoms with Gasteiger partial charge in [-0.1, -0.05) is 13.8 Å². The average molecular weight is 228 g/mol. The molecule has 1 rings (SSSR count). The van der Waals surface area contributed by atoms with Gasteiger partial charge in [-0.3, -0.25) is 0 Å². The lowest BCUT2D eigenvalue weighted by molar-refractivity contribution is 0.0529. The van der Waals surface area contributed by atoms with Gasteiger partial charge >= 0.3 is 5.97 Å². The third-order valence-corrected chi connectivity index (χ3v) is 3.36. The van der Waals surface area contributed by atoms with Crippen molar-refractivity contribution in [3.8, 4) is 5.75 Å². The Labute approximate surface area is 94.0 Å². The number of carbonyl (C=O) groups is 1. The second-order valence-electron chi connectivity index (χ2n) is 3.42. The van der Waals surface area contributed by atoms with E-state index in [2.05, 4.69) is 13.8 Å². The zero-order chi connectivity index (χ0) is 11.4. The summed E-state index contributed by atoms with van der Waals surface area (Å²) in [6.07, 6.45) is 0. The molecule has 0 fully saturated rings. The Morgan fingerprint density at radius 1 is 1.53 bits per heavy atom. The van der Waals surface area contributed by atoms with Crippen LogP contribution in [0.3, 0.4) is 0 Å². The standard InChI is InChI=1S/C11H16O3S/c1-5-14-11(12)10-8(13-4)6-9(15-10)7(2)3/h6-7H,5H2,1-4H3. The molecule has 4 heteroatoms. The lowest BCUT2D eigenvalue weighted by atomic mass is 10.2. The van der Waals surface area contributed by atoms with E-state index in [-0.39, 0.29) is 5.97 Å². The third kappa shape index (κ3) is 2.72. The minimum atomic E-state index is -0.300. The number of hydrogen-bond acceptors (Lipinski definition) is 4. The first-order valence-corrected chi connectivity index (χ1v) is 5.76. The van der Waals surface area contributed by atoms with Crippen molar-refractivity contribution < 1.29 is 14.3 Å². The van der Waals surface area contributed by atoms with E-state index in [1.165, 1.54) is 11.3 Å². The van der Waals surface area contributed by atoms with E-state index >= 15 is 0 Å². The Kier molecular flexibility index (Phi) is 4.15. The van der Waals surface area contributed by atoms with Gasteiger partial charge in [-0.25, -0.2) is 4.79 Å². The quantitative estimate of drug-likeness (QED) is 0.743. The molecular weight excluding hydrogens is 212 g/mol. The number of carbonyl (C=O) groups excluding carboxylic acids is 1. The molecule has 0 bridgehead atoms. The van der Waals surface area contributed by atoms with Gasteiger partial charge in [-0.05, 0) is 18.9 Å². The zero-order valence-electron chi connectivity index (χ0n) is 9.49. The molecule has 0 radical (unpaired) electrons.